The van der Waals surface area contributed by atoms with Crippen molar-refractivity contribution in [2.24, 2.45) is 0 Å². The summed E-state index contributed by atoms with van der Waals surface area (Å²) in [5, 5.41) is 2.07. The number of aromatic nitrogens is 2. The van der Waals surface area contributed by atoms with Crippen LogP contribution in [0.25, 0.3) is 11.0 Å². The number of aromatic amines is 1. The van der Waals surface area contributed by atoms with Crippen molar-refractivity contribution in [3.63, 3.8) is 0 Å². The first kappa shape index (κ1) is 16.8. The Hall–Kier alpha value is -2.67. The Labute approximate surface area is 153 Å². The third-order valence-electron chi connectivity index (χ3n) is 5.08. The lowest BCUT2D eigenvalue weighted by Gasteiger charge is -2.33. The van der Waals surface area contributed by atoms with Crippen molar-refractivity contribution < 1.29 is 4.79 Å². The lowest BCUT2D eigenvalue weighted by atomic mass is 10.00. The number of nitrogens with one attached hydrogen (secondary N) is 1. The number of aryl methyl sites for hydroxylation is 1. The molecule has 2 aromatic heterocycles. The summed E-state index contributed by atoms with van der Waals surface area (Å²) in [6.45, 7) is 4.93. The first-order valence-electron chi connectivity index (χ1n) is 8.65. The van der Waals surface area contributed by atoms with E-state index in [9.17, 15) is 14.4 Å². The summed E-state index contributed by atoms with van der Waals surface area (Å²) >= 11 is 1.74. The molecule has 3 aromatic rings. The average Bonchev–Trinajstić information content (AvgIpc) is 3.12. The molecule has 26 heavy (non-hydrogen) atoms. The van der Waals surface area contributed by atoms with Gasteiger partial charge in [0.15, 0.2) is 0 Å². The Kier molecular flexibility index (Phi) is 4.03. The molecule has 0 saturated heterocycles. The molecule has 1 amide bonds. The minimum absolute atomic E-state index is 0.0249. The van der Waals surface area contributed by atoms with Gasteiger partial charge in [-0.3, -0.25) is 14.4 Å². The maximum absolute atomic E-state index is 13.1. The number of carbonyl (C=O) groups is 1. The monoisotopic (exact) mass is 369 g/mol. The molecule has 1 aliphatic rings. The molecule has 0 fully saturated rings. The fourth-order valence-corrected chi connectivity index (χ4v) is 4.64. The van der Waals surface area contributed by atoms with Crippen molar-refractivity contribution in [1.82, 2.24) is 14.5 Å². The summed E-state index contributed by atoms with van der Waals surface area (Å²) in [5.74, 6) is -0.0636. The lowest BCUT2D eigenvalue weighted by molar-refractivity contribution is 0.0679. The van der Waals surface area contributed by atoms with Crippen LogP contribution in [0.15, 0.2) is 39.2 Å². The van der Waals surface area contributed by atoms with Gasteiger partial charge < -0.3 is 14.5 Å². The molecule has 1 unspecified atom stereocenters. The van der Waals surface area contributed by atoms with Gasteiger partial charge in [0, 0.05) is 23.5 Å². The molecule has 4 rings (SSSR count). The molecular weight excluding hydrogens is 350 g/mol. The van der Waals surface area contributed by atoms with Crippen LogP contribution in [0, 0.1) is 0 Å². The third-order valence-corrected chi connectivity index (χ3v) is 6.07. The summed E-state index contributed by atoms with van der Waals surface area (Å²) in [6.07, 6.45) is 0.864. The Morgan fingerprint density at radius 2 is 2.12 bits per heavy atom. The topological polar surface area (TPSA) is 75.2 Å². The minimum Gasteiger partial charge on any atom is -0.331 e. The van der Waals surface area contributed by atoms with Crippen molar-refractivity contribution in [1.29, 1.82) is 0 Å². The van der Waals surface area contributed by atoms with Gasteiger partial charge in [-0.15, -0.1) is 11.3 Å². The first-order valence-corrected chi connectivity index (χ1v) is 9.53. The number of carbonyl (C=O) groups excluding carboxylic acids is 1. The molecule has 0 spiro atoms. The molecule has 0 saturated carbocycles. The zero-order valence-corrected chi connectivity index (χ0v) is 15.4. The van der Waals surface area contributed by atoms with Crippen LogP contribution in [0.1, 0.15) is 40.7 Å². The van der Waals surface area contributed by atoms with E-state index in [-0.39, 0.29) is 11.9 Å². The van der Waals surface area contributed by atoms with Crippen LogP contribution in [0.5, 0.6) is 0 Å². The largest absolute Gasteiger partial charge is 0.331 e. The molecule has 1 aliphatic heterocycles. The highest BCUT2D eigenvalue weighted by Crippen LogP contribution is 2.33. The molecule has 3 heterocycles. The summed E-state index contributed by atoms with van der Waals surface area (Å²) < 4.78 is 1.42. The number of H-pyrrole nitrogens is 1. The molecule has 0 radical (unpaired) electrons. The van der Waals surface area contributed by atoms with Crippen molar-refractivity contribution >= 4 is 28.3 Å². The molecule has 1 atom stereocenters. The maximum atomic E-state index is 13.1. The summed E-state index contributed by atoms with van der Waals surface area (Å²) in [6, 6.07) is 7.23. The number of amides is 1. The first-order chi connectivity index (χ1) is 12.5. The van der Waals surface area contributed by atoms with E-state index in [4.69, 9.17) is 0 Å². The van der Waals surface area contributed by atoms with Gasteiger partial charge in [0.05, 0.1) is 17.1 Å². The van der Waals surface area contributed by atoms with Crippen LogP contribution in [-0.2, 0) is 13.0 Å². The predicted octanol–water partition coefficient (Wildman–Crippen LogP) is 2.53. The Bertz CT molecular complexity index is 1120. The van der Waals surface area contributed by atoms with E-state index in [1.165, 1.54) is 15.0 Å². The fourth-order valence-electron chi connectivity index (χ4n) is 3.68. The van der Waals surface area contributed by atoms with Crippen LogP contribution in [0.2, 0.25) is 0 Å². The van der Waals surface area contributed by atoms with E-state index in [1.54, 1.807) is 29.5 Å². The zero-order chi connectivity index (χ0) is 18.4. The molecule has 0 bridgehead atoms. The highest BCUT2D eigenvalue weighted by atomic mass is 32.1. The van der Waals surface area contributed by atoms with Gasteiger partial charge in [0.1, 0.15) is 0 Å². The van der Waals surface area contributed by atoms with Gasteiger partial charge in [-0.1, -0.05) is 0 Å². The molecule has 1 N–H and O–H groups in total. The lowest BCUT2D eigenvalue weighted by Crippen LogP contribution is -2.38. The highest BCUT2D eigenvalue weighted by molar-refractivity contribution is 7.10. The second-order valence-corrected chi connectivity index (χ2v) is 7.46. The summed E-state index contributed by atoms with van der Waals surface area (Å²) in [7, 11) is 0. The van der Waals surface area contributed by atoms with Gasteiger partial charge >= 0.3 is 11.1 Å². The van der Waals surface area contributed by atoms with Gasteiger partial charge in [-0.2, -0.15) is 0 Å². The molecule has 0 aliphatic carbocycles. The van der Waals surface area contributed by atoms with Gasteiger partial charge in [-0.25, -0.2) is 0 Å². The van der Waals surface area contributed by atoms with Crippen LogP contribution >= 0.6 is 11.3 Å². The van der Waals surface area contributed by atoms with Crippen LogP contribution in [-0.4, -0.2) is 26.9 Å². The number of fused-ring (bicyclic) bond motifs is 2. The molecule has 7 heteroatoms. The van der Waals surface area contributed by atoms with Gasteiger partial charge in [0.25, 0.3) is 5.91 Å². The van der Waals surface area contributed by atoms with Crippen molar-refractivity contribution in [3.8, 4) is 0 Å². The van der Waals surface area contributed by atoms with Crippen LogP contribution in [0.3, 0.4) is 0 Å². The smallest absolute Gasteiger partial charge is 0.316 e. The maximum Gasteiger partial charge on any atom is 0.316 e. The van der Waals surface area contributed by atoms with Gasteiger partial charge in [0.2, 0.25) is 0 Å². The van der Waals surface area contributed by atoms with Crippen molar-refractivity contribution in [2.75, 3.05) is 6.54 Å². The Morgan fingerprint density at radius 1 is 1.31 bits per heavy atom. The van der Waals surface area contributed by atoms with Crippen LogP contribution in [0.4, 0.5) is 0 Å². The molecule has 1 aromatic carbocycles. The second kappa shape index (κ2) is 6.25. The quantitative estimate of drug-likeness (QED) is 0.706. The van der Waals surface area contributed by atoms with E-state index in [1.807, 2.05) is 18.7 Å². The number of hydrogen-bond acceptors (Lipinski definition) is 4. The van der Waals surface area contributed by atoms with E-state index < -0.39 is 11.1 Å². The van der Waals surface area contributed by atoms with E-state index in [0.717, 1.165) is 6.42 Å². The number of thiophene rings is 1. The minimum atomic E-state index is -0.668. The second-order valence-electron chi connectivity index (χ2n) is 6.46. The molecule has 134 valence electrons. The SMILES string of the molecule is CCn1c(=O)c(=O)[nH]c2cc(C(=O)N3CCc4sccc4C3C)ccc21. The molecule has 6 nitrogen and oxygen atoms in total. The van der Waals surface area contributed by atoms with Crippen LogP contribution < -0.4 is 11.1 Å². The number of hydrogen-bond donors (Lipinski definition) is 1. The van der Waals surface area contributed by atoms with E-state index in [0.29, 0.717) is 29.7 Å². The predicted molar refractivity (Wildman–Crippen MR) is 102 cm³/mol. The Morgan fingerprint density at radius 3 is 2.88 bits per heavy atom. The van der Waals surface area contributed by atoms with Gasteiger partial charge in [-0.05, 0) is 55.5 Å². The van der Waals surface area contributed by atoms with Crippen molar-refractivity contribution in [2.45, 2.75) is 32.9 Å². The van der Waals surface area contributed by atoms with E-state index >= 15 is 0 Å². The van der Waals surface area contributed by atoms with Crippen molar-refractivity contribution in [3.05, 3.63) is 66.4 Å². The number of nitrogens with zero attached hydrogens (tertiary/aromatic N) is 2. The fraction of sp³-hybridized carbons (Fsp3) is 0.316. The third kappa shape index (κ3) is 2.50. The Balaban J connectivity index is 1.75. The normalized spacial score (nSPS) is 16.7. The number of benzene rings is 1. The molecular formula is C19H19N3O3S. The zero-order valence-electron chi connectivity index (χ0n) is 14.6. The standard InChI is InChI=1S/C19H19N3O3S/c1-3-21-15-5-4-12(10-14(15)20-17(23)19(21)25)18(24)22-8-6-16-13(11(22)2)7-9-26-16/h4-5,7,9-11H,3,6,8H2,1-2H3,(H,20,23). The van der Waals surface area contributed by atoms with E-state index in [2.05, 4.69) is 16.4 Å². The number of rotatable bonds is 2. The highest BCUT2D eigenvalue weighted by Gasteiger charge is 2.29. The summed E-state index contributed by atoms with van der Waals surface area (Å²) in [4.78, 5) is 42.7. The average molecular weight is 369 g/mol. The summed E-state index contributed by atoms with van der Waals surface area (Å²) in [5.41, 5.74) is 1.61.